The minimum Gasteiger partial charge on any atom is -0.493 e. The zero-order chi connectivity index (χ0) is 22.6. The average molecular weight is 439 g/mol. The van der Waals surface area contributed by atoms with Crippen LogP contribution in [0.3, 0.4) is 0 Å². The molecule has 1 aromatic rings. The van der Waals surface area contributed by atoms with Gasteiger partial charge in [-0.1, -0.05) is 6.58 Å². The van der Waals surface area contributed by atoms with Gasteiger partial charge in [-0.05, 0) is 32.3 Å². The Labute approximate surface area is 181 Å². The first kappa shape index (κ1) is 24.6. The van der Waals surface area contributed by atoms with Crippen LogP contribution in [0.4, 0.5) is 5.69 Å². The third-order valence-electron chi connectivity index (χ3n) is 4.42. The summed E-state index contributed by atoms with van der Waals surface area (Å²) < 4.78 is 32.3. The highest BCUT2D eigenvalue weighted by Crippen LogP contribution is 2.35. The van der Waals surface area contributed by atoms with E-state index in [9.17, 15) is 14.9 Å². The third kappa shape index (κ3) is 8.16. The average Bonchev–Trinajstić information content (AvgIpc) is 2.77. The molecule has 0 radical (unpaired) electrons. The Balaban J connectivity index is 1.87. The Kier molecular flexibility index (Phi) is 10.2. The molecule has 1 aliphatic heterocycles. The summed E-state index contributed by atoms with van der Waals surface area (Å²) in [5.41, 5.74) is 0.565. The lowest BCUT2D eigenvalue weighted by Crippen LogP contribution is -2.22. The molecular formula is C21H29NO9. The van der Waals surface area contributed by atoms with Crippen molar-refractivity contribution in [2.24, 2.45) is 0 Å². The van der Waals surface area contributed by atoms with Crippen LogP contribution in [-0.2, 0) is 30.3 Å². The number of nitrogens with zero attached hydrogens (tertiary/aromatic N) is 1. The second kappa shape index (κ2) is 12.9. The number of hydrogen-bond acceptors (Lipinski definition) is 9. The SMILES string of the molecule is C=C(C)C(=O)OCCOCCOc1cc([N+](=O)[O-])c(COC2CCCCO2)cc1OC. The summed E-state index contributed by atoms with van der Waals surface area (Å²) in [6.07, 6.45) is 2.39. The fraction of sp³-hybridized carbons (Fsp3) is 0.571. The second-order valence-electron chi connectivity index (χ2n) is 6.87. The highest BCUT2D eigenvalue weighted by molar-refractivity contribution is 5.86. The molecule has 0 bridgehead atoms. The minimum atomic E-state index is -0.487. The van der Waals surface area contributed by atoms with E-state index in [1.54, 1.807) is 6.92 Å². The van der Waals surface area contributed by atoms with Crippen LogP contribution in [0.5, 0.6) is 11.5 Å². The first-order valence-electron chi connectivity index (χ1n) is 10.0. The number of benzene rings is 1. The van der Waals surface area contributed by atoms with Gasteiger partial charge in [0.05, 0.1) is 43.5 Å². The number of hydrogen-bond donors (Lipinski definition) is 0. The third-order valence-corrected chi connectivity index (χ3v) is 4.42. The fourth-order valence-electron chi connectivity index (χ4n) is 2.80. The Morgan fingerprint density at radius 2 is 2.00 bits per heavy atom. The Bertz CT molecular complexity index is 759. The lowest BCUT2D eigenvalue weighted by Gasteiger charge is -2.22. The van der Waals surface area contributed by atoms with Gasteiger partial charge in [-0.25, -0.2) is 4.79 Å². The van der Waals surface area contributed by atoms with E-state index < -0.39 is 10.9 Å². The molecule has 0 saturated carbocycles. The molecule has 1 heterocycles. The van der Waals surface area contributed by atoms with Crippen molar-refractivity contribution >= 4 is 11.7 Å². The van der Waals surface area contributed by atoms with Gasteiger partial charge in [-0.3, -0.25) is 10.1 Å². The van der Waals surface area contributed by atoms with Gasteiger partial charge in [0.15, 0.2) is 17.8 Å². The molecule has 1 saturated heterocycles. The molecule has 0 aliphatic carbocycles. The fourth-order valence-corrected chi connectivity index (χ4v) is 2.80. The Morgan fingerprint density at radius 1 is 1.23 bits per heavy atom. The summed E-state index contributed by atoms with van der Waals surface area (Å²) in [5.74, 6) is 0.101. The molecule has 0 spiro atoms. The standard InChI is InChI=1S/C21H29NO9/c1-15(2)21(23)30-11-9-27-8-10-28-19-13-17(22(24)25)16(12-18(19)26-3)14-31-20-6-4-5-7-29-20/h12-13,20H,1,4-11,14H2,2-3H3. The lowest BCUT2D eigenvalue weighted by atomic mass is 10.1. The van der Waals surface area contributed by atoms with E-state index in [0.717, 1.165) is 19.3 Å². The molecular weight excluding hydrogens is 410 g/mol. The summed E-state index contributed by atoms with van der Waals surface area (Å²) in [5, 5.41) is 11.5. The van der Waals surface area contributed by atoms with E-state index >= 15 is 0 Å². The van der Waals surface area contributed by atoms with E-state index in [2.05, 4.69) is 6.58 Å². The van der Waals surface area contributed by atoms with Gasteiger partial charge in [0, 0.05) is 12.2 Å². The molecule has 31 heavy (non-hydrogen) atoms. The molecule has 1 aliphatic rings. The van der Waals surface area contributed by atoms with E-state index in [0.29, 0.717) is 23.5 Å². The molecule has 1 unspecified atom stereocenters. The lowest BCUT2D eigenvalue weighted by molar-refractivity contribution is -0.386. The van der Waals surface area contributed by atoms with Crippen molar-refractivity contribution in [1.29, 1.82) is 0 Å². The molecule has 0 aromatic heterocycles. The number of ether oxygens (including phenoxy) is 6. The highest BCUT2D eigenvalue weighted by Gasteiger charge is 2.22. The maximum Gasteiger partial charge on any atom is 0.333 e. The van der Waals surface area contributed by atoms with Gasteiger partial charge < -0.3 is 28.4 Å². The molecule has 1 aromatic carbocycles. The van der Waals surface area contributed by atoms with Crippen LogP contribution >= 0.6 is 0 Å². The molecule has 2 rings (SSSR count). The van der Waals surface area contributed by atoms with Crippen molar-refractivity contribution in [2.45, 2.75) is 39.1 Å². The zero-order valence-electron chi connectivity index (χ0n) is 17.9. The Hall–Kier alpha value is -2.69. The van der Waals surface area contributed by atoms with Crippen molar-refractivity contribution in [2.75, 3.05) is 40.1 Å². The summed E-state index contributed by atoms with van der Waals surface area (Å²) in [6, 6.07) is 2.85. The number of methoxy groups -OCH3 is 1. The van der Waals surface area contributed by atoms with E-state index in [4.69, 9.17) is 28.4 Å². The highest BCUT2D eigenvalue weighted by atomic mass is 16.7. The van der Waals surface area contributed by atoms with E-state index in [-0.39, 0.29) is 50.8 Å². The van der Waals surface area contributed by atoms with Gasteiger partial charge in [0.1, 0.15) is 13.2 Å². The summed E-state index contributed by atoms with van der Waals surface area (Å²) in [7, 11) is 1.45. The van der Waals surface area contributed by atoms with Crippen molar-refractivity contribution in [3.8, 4) is 11.5 Å². The number of carbonyl (C=O) groups excluding carboxylic acids is 1. The van der Waals surface area contributed by atoms with E-state index in [1.807, 2.05) is 0 Å². The quantitative estimate of drug-likeness (QED) is 0.150. The van der Waals surface area contributed by atoms with Gasteiger partial charge in [-0.15, -0.1) is 0 Å². The summed E-state index contributed by atoms with van der Waals surface area (Å²) in [4.78, 5) is 22.3. The number of nitro benzene ring substituents is 1. The van der Waals surface area contributed by atoms with Crippen LogP contribution in [0.1, 0.15) is 31.7 Å². The van der Waals surface area contributed by atoms with Crippen molar-refractivity contribution < 1.29 is 38.1 Å². The Morgan fingerprint density at radius 3 is 2.65 bits per heavy atom. The number of esters is 1. The number of nitro groups is 1. The monoisotopic (exact) mass is 439 g/mol. The molecule has 0 N–H and O–H groups in total. The van der Waals surface area contributed by atoms with Crippen LogP contribution in [-0.4, -0.2) is 57.3 Å². The largest absolute Gasteiger partial charge is 0.493 e. The summed E-state index contributed by atoms with van der Waals surface area (Å²) in [6.45, 7) is 6.33. The van der Waals surface area contributed by atoms with Gasteiger partial charge in [0.2, 0.25) is 0 Å². The van der Waals surface area contributed by atoms with Crippen LogP contribution in [0.25, 0.3) is 0 Å². The van der Waals surface area contributed by atoms with Crippen LogP contribution < -0.4 is 9.47 Å². The van der Waals surface area contributed by atoms with Crippen molar-refractivity contribution in [3.63, 3.8) is 0 Å². The normalized spacial score (nSPS) is 15.9. The molecule has 10 heteroatoms. The summed E-state index contributed by atoms with van der Waals surface area (Å²) >= 11 is 0. The van der Waals surface area contributed by atoms with Gasteiger partial charge in [-0.2, -0.15) is 0 Å². The molecule has 172 valence electrons. The molecule has 10 nitrogen and oxygen atoms in total. The predicted octanol–water partition coefficient (Wildman–Crippen LogP) is 3.16. The first-order valence-corrected chi connectivity index (χ1v) is 10.0. The molecule has 1 fully saturated rings. The second-order valence-corrected chi connectivity index (χ2v) is 6.87. The van der Waals surface area contributed by atoms with Crippen LogP contribution in [0.15, 0.2) is 24.3 Å². The minimum absolute atomic E-state index is 0.0314. The topological polar surface area (TPSA) is 116 Å². The van der Waals surface area contributed by atoms with Gasteiger partial charge >= 0.3 is 5.97 Å². The maximum atomic E-state index is 11.5. The maximum absolute atomic E-state index is 11.5. The predicted molar refractivity (Wildman–Crippen MR) is 110 cm³/mol. The van der Waals surface area contributed by atoms with Crippen molar-refractivity contribution in [3.05, 3.63) is 40.0 Å². The smallest absolute Gasteiger partial charge is 0.333 e. The zero-order valence-corrected chi connectivity index (χ0v) is 17.9. The molecule has 0 amide bonds. The molecule has 1 atom stereocenters. The first-order chi connectivity index (χ1) is 14.9. The van der Waals surface area contributed by atoms with Crippen molar-refractivity contribution in [1.82, 2.24) is 0 Å². The van der Waals surface area contributed by atoms with Crippen LogP contribution in [0, 0.1) is 10.1 Å². The number of rotatable bonds is 13. The van der Waals surface area contributed by atoms with Crippen LogP contribution in [0.2, 0.25) is 0 Å². The van der Waals surface area contributed by atoms with E-state index in [1.165, 1.54) is 19.2 Å². The van der Waals surface area contributed by atoms with Gasteiger partial charge in [0.25, 0.3) is 5.69 Å². The number of carbonyl (C=O) groups is 1.